The molecule has 1 heterocycles. The van der Waals surface area contributed by atoms with Crippen molar-refractivity contribution in [1.82, 2.24) is 9.97 Å². The summed E-state index contributed by atoms with van der Waals surface area (Å²) in [5.41, 5.74) is -2.56. The van der Waals surface area contributed by atoms with Crippen LogP contribution >= 0.6 is 0 Å². The average Bonchev–Trinajstić information content (AvgIpc) is 2.60. The third kappa shape index (κ3) is 4.51. The number of anilines is 2. The monoisotopic (exact) mass is 399 g/mol. The van der Waals surface area contributed by atoms with E-state index in [0.29, 0.717) is 23.4 Å². The van der Waals surface area contributed by atoms with Gasteiger partial charge < -0.3 is 10.4 Å². The van der Waals surface area contributed by atoms with Gasteiger partial charge in [-0.1, -0.05) is 12.1 Å². The van der Waals surface area contributed by atoms with Gasteiger partial charge in [0.05, 0.1) is 16.8 Å². The molecule has 3 aromatic rings. The first-order valence-corrected chi connectivity index (χ1v) is 7.71. The number of alkyl halides is 6. The predicted octanol–water partition coefficient (Wildman–Crippen LogP) is 5.63. The van der Waals surface area contributed by atoms with Crippen molar-refractivity contribution < 1.29 is 31.4 Å². The smallest absolute Gasteiger partial charge is 0.416 e. The molecule has 0 aliphatic carbocycles. The molecule has 0 amide bonds. The van der Waals surface area contributed by atoms with Crippen LogP contribution in [0.1, 0.15) is 11.1 Å². The van der Waals surface area contributed by atoms with Crippen LogP contribution in [0.2, 0.25) is 0 Å². The summed E-state index contributed by atoms with van der Waals surface area (Å²) in [6.45, 7) is 0. The number of aromatic hydroxyl groups is 1. The van der Waals surface area contributed by atoms with E-state index in [1.54, 1.807) is 12.1 Å². The number of aromatic nitrogens is 2. The minimum atomic E-state index is -4.96. The molecule has 28 heavy (non-hydrogen) atoms. The second kappa shape index (κ2) is 7.02. The Labute approximate surface area is 154 Å². The minimum absolute atomic E-state index is 0.0293. The Morgan fingerprint density at radius 1 is 0.821 bits per heavy atom. The largest absolute Gasteiger partial charge is 0.508 e. The van der Waals surface area contributed by atoms with Crippen molar-refractivity contribution in [3.8, 4) is 17.0 Å². The summed E-state index contributed by atoms with van der Waals surface area (Å²) in [5.74, 6) is -0.230. The van der Waals surface area contributed by atoms with Gasteiger partial charge in [-0.2, -0.15) is 26.3 Å². The molecule has 0 fully saturated rings. The number of benzene rings is 2. The number of nitrogens with zero attached hydrogens (tertiary/aromatic N) is 2. The highest BCUT2D eigenvalue weighted by molar-refractivity contribution is 5.64. The molecule has 2 aromatic carbocycles. The van der Waals surface area contributed by atoms with Gasteiger partial charge in [-0.05, 0) is 36.4 Å². The van der Waals surface area contributed by atoms with Crippen LogP contribution in [0.25, 0.3) is 11.3 Å². The van der Waals surface area contributed by atoms with Crippen molar-refractivity contribution in [3.05, 3.63) is 65.9 Å². The lowest BCUT2D eigenvalue weighted by Crippen LogP contribution is -2.12. The van der Waals surface area contributed by atoms with Gasteiger partial charge in [-0.3, -0.25) is 0 Å². The van der Waals surface area contributed by atoms with Gasteiger partial charge in [-0.25, -0.2) is 9.97 Å². The lowest BCUT2D eigenvalue weighted by molar-refractivity contribution is -0.143. The minimum Gasteiger partial charge on any atom is -0.508 e. The number of hydrogen-bond donors (Lipinski definition) is 2. The van der Waals surface area contributed by atoms with E-state index in [1.807, 2.05) is 0 Å². The fourth-order valence-electron chi connectivity index (χ4n) is 2.40. The first kappa shape index (κ1) is 19.5. The van der Waals surface area contributed by atoms with Crippen molar-refractivity contribution in [2.24, 2.45) is 0 Å². The molecule has 0 saturated heterocycles. The molecule has 0 aliphatic heterocycles. The molecular weight excluding hydrogens is 388 g/mol. The highest BCUT2D eigenvalue weighted by atomic mass is 19.4. The molecule has 4 nitrogen and oxygen atoms in total. The number of hydrogen-bond acceptors (Lipinski definition) is 4. The Morgan fingerprint density at radius 2 is 1.46 bits per heavy atom. The maximum Gasteiger partial charge on any atom is 0.416 e. The maximum atomic E-state index is 12.9. The van der Waals surface area contributed by atoms with Crippen LogP contribution in [0.15, 0.2) is 54.7 Å². The molecule has 1 aromatic heterocycles. The van der Waals surface area contributed by atoms with E-state index < -0.39 is 29.2 Å². The predicted molar refractivity (Wildman–Crippen MR) is 88.9 cm³/mol. The Bertz CT molecular complexity index is 969. The van der Waals surface area contributed by atoms with E-state index in [-0.39, 0.29) is 17.8 Å². The fraction of sp³-hybridized carbons (Fsp3) is 0.111. The van der Waals surface area contributed by atoms with Gasteiger partial charge in [0.25, 0.3) is 0 Å². The zero-order valence-corrected chi connectivity index (χ0v) is 13.8. The van der Waals surface area contributed by atoms with Crippen molar-refractivity contribution in [3.63, 3.8) is 0 Å². The highest BCUT2D eigenvalue weighted by Crippen LogP contribution is 2.38. The standard InChI is InChI=1S/C18H11F6N3O/c19-17(20,21)11-7-12(18(22,23)24)9-13(8-11)26-16-25-5-4-15(27-16)10-2-1-3-14(28)6-10/h1-9,28H,(H,25,26,27). The second-order valence-corrected chi connectivity index (χ2v) is 5.74. The highest BCUT2D eigenvalue weighted by Gasteiger charge is 2.37. The van der Waals surface area contributed by atoms with Crippen LogP contribution in [0.5, 0.6) is 5.75 Å². The summed E-state index contributed by atoms with van der Waals surface area (Å²) in [5, 5.41) is 11.9. The van der Waals surface area contributed by atoms with Crippen molar-refractivity contribution in [1.29, 1.82) is 0 Å². The summed E-state index contributed by atoms with van der Waals surface area (Å²) in [6.07, 6.45) is -8.63. The maximum absolute atomic E-state index is 12.9. The Kier molecular flexibility index (Phi) is 4.88. The molecule has 0 unspecified atom stereocenters. The molecular formula is C18H11F6N3O. The van der Waals surface area contributed by atoms with E-state index in [1.165, 1.54) is 24.4 Å². The summed E-state index contributed by atoms with van der Waals surface area (Å²) in [4.78, 5) is 7.89. The first-order valence-electron chi connectivity index (χ1n) is 7.71. The molecule has 0 spiro atoms. The van der Waals surface area contributed by atoms with Gasteiger partial charge in [0, 0.05) is 17.4 Å². The molecule has 0 aliphatic rings. The molecule has 10 heteroatoms. The quantitative estimate of drug-likeness (QED) is 0.561. The van der Waals surface area contributed by atoms with Gasteiger partial charge in [0.1, 0.15) is 5.75 Å². The van der Waals surface area contributed by atoms with Gasteiger partial charge >= 0.3 is 12.4 Å². The number of phenolic OH excluding ortho intramolecular Hbond substituents is 1. The van der Waals surface area contributed by atoms with Crippen LogP contribution < -0.4 is 5.32 Å². The summed E-state index contributed by atoms with van der Waals surface area (Å²) in [7, 11) is 0. The van der Waals surface area contributed by atoms with E-state index in [9.17, 15) is 31.4 Å². The SMILES string of the molecule is Oc1cccc(-c2ccnc(Nc3cc(C(F)(F)F)cc(C(F)(F)F)c3)n2)c1. The van der Waals surface area contributed by atoms with Crippen LogP contribution in [-0.2, 0) is 12.4 Å². The van der Waals surface area contributed by atoms with E-state index in [0.717, 1.165) is 0 Å². The normalized spacial score (nSPS) is 12.1. The zero-order valence-electron chi connectivity index (χ0n) is 13.8. The third-order valence-corrected chi connectivity index (χ3v) is 3.64. The summed E-state index contributed by atoms with van der Waals surface area (Å²) < 4.78 is 77.7. The Morgan fingerprint density at radius 3 is 2.04 bits per heavy atom. The van der Waals surface area contributed by atoms with E-state index in [4.69, 9.17) is 0 Å². The van der Waals surface area contributed by atoms with Gasteiger partial charge in [-0.15, -0.1) is 0 Å². The summed E-state index contributed by atoms with van der Waals surface area (Å²) >= 11 is 0. The van der Waals surface area contributed by atoms with Crippen molar-refractivity contribution in [2.75, 3.05) is 5.32 Å². The number of phenols is 1. The van der Waals surface area contributed by atoms with Crippen molar-refractivity contribution in [2.45, 2.75) is 12.4 Å². The van der Waals surface area contributed by atoms with Crippen LogP contribution in [0, 0.1) is 0 Å². The third-order valence-electron chi connectivity index (χ3n) is 3.64. The lowest BCUT2D eigenvalue weighted by atomic mass is 10.1. The molecule has 3 rings (SSSR count). The number of rotatable bonds is 3. The Balaban J connectivity index is 1.98. The number of nitrogens with one attached hydrogen (secondary N) is 1. The van der Waals surface area contributed by atoms with Crippen LogP contribution in [0.4, 0.5) is 38.0 Å². The van der Waals surface area contributed by atoms with Gasteiger partial charge in [0.15, 0.2) is 0 Å². The topological polar surface area (TPSA) is 58.0 Å². The fourth-order valence-corrected chi connectivity index (χ4v) is 2.40. The van der Waals surface area contributed by atoms with E-state index >= 15 is 0 Å². The molecule has 146 valence electrons. The average molecular weight is 399 g/mol. The van der Waals surface area contributed by atoms with Crippen molar-refractivity contribution >= 4 is 11.6 Å². The van der Waals surface area contributed by atoms with Crippen LogP contribution in [-0.4, -0.2) is 15.1 Å². The summed E-state index contributed by atoms with van der Waals surface area (Å²) in [6, 6.07) is 8.62. The van der Waals surface area contributed by atoms with Gasteiger partial charge in [0.2, 0.25) is 5.95 Å². The molecule has 0 saturated carbocycles. The molecule has 0 bridgehead atoms. The first-order chi connectivity index (χ1) is 13.0. The molecule has 0 atom stereocenters. The van der Waals surface area contributed by atoms with E-state index in [2.05, 4.69) is 15.3 Å². The number of halogens is 6. The van der Waals surface area contributed by atoms with Crippen LogP contribution in [0.3, 0.4) is 0 Å². The molecule has 0 radical (unpaired) electrons. The second-order valence-electron chi connectivity index (χ2n) is 5.74. The Hall–Kier alpha value is -3.30. The zero-order chi connectivity index (χ0) is 20.5. The molecule has 2 N–H and O–H groups in total. The lowest BCUT2D eigenvalue weighted by Gasteiger charge is -2.15.